The van der Waals surface area contributed by atoms with Crippen LogP contribution in [0.15, 0.2) is 46.1 Å². The summed E-state index contributed by atoms with van der Waals surface area (Å²) in [6.45, 7) is 9.64. The zero-order chi connectivity index (χ0) is 20.3. The Kier molecular flexibility index (Phi) is 4.08. The average molecular weight is 398 g/mol. The van der Waals surface area contributed by atoms with Crippen LogP contribution in [0.4, 0.5) is 0 Å². The van der Waals surface area contributed by atoms with Gasteiger partial charge in [0.05, 0.1) is 12.2 Å². The number of fused-ring (bicyclic) bond motifs is 3. The fraction of sp³-hybridized carbons (Fsp3) is 0.250. The van der Waals surface area contributed by atoms with Crippen molar-refractivity contribution in [3.63, 3.8) is 0 Å². The summed E-state index contributed by atoms with van der Waals surface area (Å²) in [5.74, 6) is 0.549. The Morgan fingerprint density at radius 1 is 1.25 bits per heavy atom. The van der Waals surface area contributed by atoms with Gasteiger partial charge in [0.15, 0.2) is 11.2 Å². The number of halogens is 1. The molecule has 1 aromatic carbocycles. The van der Waals surface area contributed by atoms with E-state index in [-0.39, 0.29) is 12.1 Å². The van der Waals surface area contributed by atoms with Crippen LogP contribution >= 0.6 is 11.6 Å². The summed E-state index contributed by atoms with van der Waals surface area (Å²) in [7, 11) is 1.62. The third kappa shape index (κ3) is 2.54. The number of nitrogens with zero attached hydrogens (tertiary/aromatic N) is 5. The Morgan fingerprint density at radius 2 is 1.96 bits per heavy atom. The molecular weight excluding hydrogens is 378 g/mol. The molecule has 0 aliphatic heterocycles. The first-order valence-corrected chi connectivity index (χ1v) is 9.19. The second kappa shape index (κ2) is 6.24. The maximum absolute atomic E-state index is 13.1. The highest BCUT2D eigenvalue weighted by atomic mass is 35.5. The van der Waals surface area contributed by atoms with Gasteiger partial charge in [0.2, 0.25) is 5.78 Å². The lowest BCUT2D eigenvalue weighted by atomic mass is 10.2. The van der Waals surface area contributed by atoms with Crippen LogP contribution in [-0.4, -0.2) is 23.1 Å². The van der Waals surface area contributed by atoms with Gasteiger partial charge in [-0.05, 0) is 38.5 Å². The van der Waals surface area contributed by atoms with Crippen molar-refractivity contribution in [2.75, 3.05) is 0 Å². The molecule has 0 radical (unpaired) electrons. The van der Waals surface area contributed by atoms with E-state index in [0.29, 0.717) is 22.0 Å². The van der Waals surface area contributed by atoms with E-state index in [1.54, 1.807) is 18.4 Å². The highest BCUT2D eigenvalue weighted by Crippen LogP contribution is 2.24. The van der Waals surface area contributed by atoms with Gasteiger partial charge in [-0.15, -0.1) is 0 Å². The fourth-order valence-corrected chi connectivity index (χ4v) is 3.63. The van der Waals surface area contributed by atoms with Gasteiger partial charge >= 0.3 is 5.69 Å². The quantitative estimate of drug-likeness (QED) is 0.499. The van der Waals surface area contributed by atoms with Crippen LogP contribution in [0.5, 0.6) is 0 Å². The first-order valence-electron chi connectivity index (χ1n) is 8.81. The van der Waals surface area contributed by atoms with Crippen molar-refractivity contribution < 1.29 is 0 Å². The van der Waals surface area contributed by atoms with Crippen molar-refractivity contribution in [1.29, 1.82) is 0 Å². The van der Waals surface area contributed by atoms with Crippen LogP contribution in [0.25, 0.3) is 22.6 Å². The third-order valence-electron chi connectivity index (χ3n) is 4.87. The van der Waals surface area contributed by atoms with E-state index in [1.165, 1.54) is 9.13 Å². The molecule has 3 heterocycles. The molecule has 0 aliphatic carbocycles. The third-order valence-corrected chi connectivity index (χ3v) is 5.27. The zero-order valence-electron chi connectivity index (χ0n) is 16.2. The van der Waals surface area contributed by atoms with Gasteiger partial charge < -0.3 is 0 Å². The van der Waals surface area contributed by atoms with Gasteiger partial charge in [0, 0.05) is 24.0 Å². The van der Waals surface area contributed by atoms with Crippen molar-refractivity contribution in [1.82, 2.24) is 23.1 Å². The molecule has 0 saturated heterocycles. The molecular formula is C20H20ClN5O2. The minimum atomic E-state index is -0.414. The Balaban J connectivity index is 2.12. The number of hydrogen-bond donors (Lipinski definition) is 0. The summed E-state index contributed by atoms with van der Waals surface area (Å²) in [4.78, 5) is 30.4. The molecule has 0 amide bonds. The molecule has 0 saturated carbocycles. The van der Waals surface area contributed by atoms with Crippen LogP contribution < -0.4 is 11.2 Å². The SMILES string of the molecule is C=C(C)Cn1c(=O)c2c(nc3n(-c4ccc(C)c(Cl)c4)c(C)cn23)n(C)c1=O. The summed E-state index contributed by atoms with van der Waals surface area (Å²) in [5.41, 5.74) is 3.34. The highest BCUT2D eigenvalue weighted by Gasteiger charge is 2.20. The van der Waals surface area contributed by atoms with Crippen molar-refractivity contribution >= 4 is 28.5 Å². The lowest BCUT2D eigenvalue weighted by Gasteiger charge is -2.08. The number of benzene rings is 1. The Bertz CT molecular complexity index is 1400. The molecule has 0 aliphatic rings. The van der Waals surface area contributed by atoms with Crippen LogP contribution in [0.2, 0.25) is 5.02 Å². The molecule has 8 heteroatoms. The van der Waals surface area contributed by atoms with Gasteiger partial charge in [-0.2, -0.15) is 4.98 Å². The first kappa shape index (κ1) is 18.3. The lowest BCUT2D eigenvalue weighted by Crippen LogP contribution is -2.39. The van der Waals surface area contributed by atoms with E-state index in [0.717, 1.165) is 22.5 Å². The largest absolute Gasteiger partial charge is 0.332 e. The maximum atomic E-state index is 13.1. The molecule has 0 atom stereocenters. The van der Waals surface area contributed by atoms with E-state index in [9.17, 15) is 9.59 Å². The van der Waals surface area contributed by atoms with Crippen LogP contribution in [0.1, 0.15) is 18.2 Å². The number of imidazole rings is 2. The molecule has 3 aromatic heterocycles. The minimum Gasteiger partial charge on any atom is -0.283 e. The monoisotopic (exact) mass is 397 g/mol. The van der Waals surface area contributed by atoms with Crippen LogP contribution in [-0.2, 0) is 13.6 Å². The molecule has 144 valence electrons. The molecule has 28 heavy (non-hydrogen) atoms. The molecule has 0 N–H and O–H groups in total. The van der Waals surface area contributed by atoms with Gasteiger partial charge in [-0.3, -0.25) is 22.9 Å². The van der Waals surface area contributed by atoms with E-state index in [1.807, 2.05) is 42.8 Å². The summed E-state index contributed by atoms with van der Waals surface area (Å²) < 4.78 is 6.23. The predicted octanol–water partition coefficient (Wildman–Crippen LogP) is 2.98. The second-order valence-corrected chi connectivity index (χ2v) is 7.59. The minimum absolute atomic E-state index is 0.169. The standard InChI is InChI=1S/C20H20ClN5O2/c1-11(2)9-25-18(27)16-17(23(5)20(25)28)22-19-24(16)10-13(4)26(19)14-7-6-12(3)15(21)8-14/h6-8,10H,1,9H2,2-5H3. The maximum Gasteiger partial charge on any atom is 0.332 e. The Morgan fingerprint density at radius 3 is 2.61 bits per heavy atom. The van der Waals surface area contributed by atoms with Crippen molar-refractivity contribution in [3.8, 4) is 5.69 Å². The average Bonchev–Trinajstić information content (AvgIpc) is 3.14. The summed E-state index contributed by atoms with van der Waals surface area (Å²) in [5, 5.41) is 0.649. The number of rotatable bonds is 3. The van der Waals surface area contributed by atoms with Crippen molar-refractivity contribution in [2.24, 2.45) is 7.05 Å². The van der Waals surface area contributed by atoms with Gasteiger partial charge in [-0.25, -0.2) is 4.79 Å². The summed E-state index contributed by atoms with van der Waals surface area (Å²) >= 11 is 6.31. The normalized spacial score (nSPS) is 11.6. The van der Waals surface area contributed by atoms with Crippen LogP contribution in [0, 0.1) is 13.8 Å². The number of aryl methyl sites for hydroxylation is 3. The molecule has 7 nitrogen and oxygen atoms in total. The van der Waals surface area contributed by atoms with Gasteiger partial charge in [0.1, 0.15) is 0 Å². The predicted molar refractivity (Wildman–Crippen MR) is 111 cm³/mol. The van der Waals surface area contributed by atoms with Crippen molar-refractivity contribution in [2.45, 2.75) is 27.3 Å². The van der Waals surface area contributed by atoms with E-state index < -0.39 is 5.69 Å². The molecule has 4 rings (SSSR count). The lowest BCUT2D eigenvalue weighted by molar-refractivity contribution is 0.651. The molecule has 0 unspecified atom stereocenters. The van der Waals surface area contributed by atoms with Gasteiger partial charge in [-0.1, -0.05) is 29.8 Å². The topological polar surface area (TPSA) is 66.2 Å². The van der Waals surface area contributed by atoms with E-state index >= 15 is 0 Å². The molecule has 0 fully saturated rings. The van der Waals surface area contributed by atoms with Gasteiger partial charge in [0.25, 0.3) is 5.56 Å². The summed E-state index contributed by atoms with van der Waals surface area (Å²) in [6, 6.07) is 5.75. The molecule has 0 bridgehead atoms. The number of aromatic nitrogens is 5. The number of allylic oxidation sites excluding steroid dienone is 1. The highest BCUT2D eigenvalue weighted by molar-refractivity contribution is 6.31. The molecule has 4 aromatic rings. The van der Waals surface area contributed by atoms with Crippen LogP contribution in [0.3, 0.4) is 0 Å². The zero-order valence-corrected chi connectivity index (χ0v) is 16.9. The Hall–Kier alpha value is -3.06. The number of hydrogen-bond acceptors (Lipinski definition) is 3. The Labute approximate surface area is 165 Å². The molecule has 0 spiro atoms. The first-order chi connectivity index (χ1) is 13.2. The van der Waals surface area contributed by atoms with E-state index in [4.69, 9.17) is 11.6 Å². The van der Waals surface area contributed by atoms with E-state index in [2.05, 4.69) is 11.6 Å². The summed E-state index contributed by atoms with van der Waals surface area (Å²) in [6.07, 6.45) is 1.84. The van der Waals surface area contributed by atoms with Crippen molar-refractivity contribution in [3.05, 3.63) is 73.7 Å². The second-order valence-electron chi connectivity index (χ2n) is 7.18. The fourth-order valence-electron chi connectivity index (χ4n) is 3.46. The smallest absolute Gasteiger partial charge is 0.283 e.